The lowest BCUT2D eigenvalue weighted by Crippen LogP contribution is -2.31. The van der Waals surface area contributed by atoms with Gasteiger partial charge in [-0.1, -0.05) is 0 Å². The highest BCUT2D eigenvalue weighted by Crippen LogP contribution is 2.37. The van der Waals surface area contributed by atoms with E-state index in [9.17, 15) is 8.96 Å². The van der Waals surface area contributed by atoms with Crippen molar-refractivity contribution < 1.29 is 33.1 Å². The molecule has 1 fully saturated rings. The van der Waals surface area contributed by atoms with Crippen LogP contribution in [0.3, 0.4) is 0 Å². The fraction of sp³-hybridized carbons (Fsp3) is 1.00. The Hall–Kier alpha value is 0.0249. The fourth-order valence-electron chi connectivity index (χ4n) is 1.07. The number of halogens is 1. The van der Waals surface area contributed by atoms with Crippen LogP contribution in [0.15, 0.2) is 0 Å². The first-order valence-corrected chi connectivity index (χ1v) is 5.27. The molecule has 0 aromatic carbocycles. The van der Waals surface area contributed by atoms with Crippen LogP contribution >= 0.6 is 7.82 Å². The third-order valence-electron chi connectivity index (χ3n) is 1.76. The molecule has 0 aromatic rings. The topological polar surface area (TPSA) is 96.2 Å². The summed E-state index contributed by atoms with van der Waals surface area (Å²) in [6.07, 6.45) is -4.47. The molecule has 1 aliphatic rings. The van der Waals surface area contributed by atoms with Gasteiger partial charge in [0.1, 0.15) is 26.2 Å². The smallest absolute Gasteiger partial charge is 0.387 e. The van der Waals surface area contributed by atoms with Crippen LogP contribution in [-0.4, -0.2) is 53.7 Å². The second kappa shape index (κ2) is 4.26. The standard InChI is InChI=1S/C5H9BFO6P/c6-5-3(7)4(8)2(13-5)1-12-14(9,10)11/h2-5,8H,1H2,(H2,9,10,11)/t2?,3-,4-,5-/m1/s1. The van der Waals surface area contributed by atoms with E-state index in [0.717, 1.165) is 0 Å². The molecule has 1 saturated heterocycles. The van der Waals surface area contributed by atoms with Gasteiger partial charge in [0, 0.05) is 0 Å². The number of ether oxygens (including phenoxy) is 1. The second-order valence-corrected chi connectivity index (χ2v) is 4.10. The fourth-order valence-corrected chi connectivity index (χ4v) is 1.41. The average Bonchev–Trinajstić information content (AvgIpc) is 2.28. The zero-order chi connectivity index (χ0) is 10.9. The Kier molecular flexibility index (Phi) is 3.68. The third-order valence-corrected chi connectivity index (χ3v) is 2.25. The Balaban J connectivity index is 2.44. The lowest BCUT2D eigenvalue weighted by Gasteiger charge is -2.14. The molecular formula is C5H9BFO6P. The summed E-state index contributed by atoms with van der Waals surface area (Å²) < 4.78 is 31.8. The third kappa shape index (κ3) is 3.01. The summed E-state index contributed by atoms with van der Waals surface area (Å²) >= 11 is 0. The average molecular weight is 226 g/mol. The molecule has 1 unspecified atom stereocenters. The summed E-state index contributed by atoms with van der Waals surface area (Å²) in [4.78, 5) is 16.6. The number of rotatable bonds is 3. The minimum Gasteiger partial charge on any atom is -0.387 e. The Labute approximate surface area is 80.7 Å². The molecule has 4 atom stereocenters. The van der Waals surface area contributed by atoms with Crippen molar-refractivity contribution in [3.63, 3.8) is 0 Å². The van der Waals surface area contributed by atoms with E-state index in [-0.39, 0.29) is 0 Å². The minimum atomic E-state index is -4.64. The molecule has 0 spiro atoms. The first kappa shape index (κ1) is 12.1. The highest BCUT2D eigenvalue weighted by Gasteiger charge is 2.42. The Morgan fingerprint density at radius 1 is 1.57 bits per heavy atom. The van der Waals surface area contributed by atoms with Gasteiger partial charge in [-0.3, -0.25) is 4.52 Å². The van der Waals surface area contributed by atoms with Gasteiger partial charge in [-0.15, -0.1) is 0 Å². The van der Waals surface area contributed by atoms with Crippen LogP contribution in [0.1, 0.15) is 0 Å². The van der Waals surface area contributed by atoms with Gasteiger partial charge in [0.15, 0.2) is 0 Å². The van der Waals surface area contributed by atoms with Crippen LogP contribution < -0.4 is 0 Å². The van der Waals surface area contributed by atoms with Crippen molar-refractivity contribution in [1.29, 1.82) is 0 Å². The van der Waals surface area contributed by atoms with Gasteiger partial charge in [-0.05, 0) is 0 Å². The van der Waals surface area contributed by atoms with Gasteiger partial charge >= 0.3 is 7.82 Å². The molecule has 0 bridgehead atoms. The van der Waals surface area contributed by atoms with Crippen molar-refractivity contribution in [2.75, 3.05) is 6.61 Å². The van der Waals surface area contributed by atoms with E-state index in [1.807, 2.05) is 0 Å². The monoisotopic (exact) mass is 226 g/mol. The molecule has 1 aliphatic heterocycles. The minimum absolute atomic E-state index is 0.612. The van der Waals surface area contributed by atoms with Crippen LogP contribution in [0.4, 0.5) is 4.39 Å². The molecule has 9 heteroatoms. The number of aliphatic hydroxyl groups is 1. The van der Waals surface area contributed by atoms with Crippen LogP contribution in [-0.2, 0) is 13.8 Å². The molecule has 0 amide bonds. The lowest BCUT2D eigenvalue weighted by atomic mass is 9.94. The molecule has 80 valence electrons. The maximum Gasteiger partial charge on any atom is 0.469 e. The summed E-state index contributed by atoms with van der Waals surface area (Å²) in [6.45, 7) is -0.612. The molecule has 3 N–H and O–H groups in total. The maximum atomic E-state index is 12.8. The van der Waals surface area contributed by atoms with Gasteiger partial charge in [-0.2, -0.15) is 0 Å². The summed E-state index contributed by atoms with van der Waals surface area (Å²) in [5, 5.41) is 9.11. The molecular weight excluding hydrogens is 217 g/mol. The molecule has 1 heterocycles. The van der Waals surface area contributed by atoms with E-state index in [1.165, 1.54) is 0 Å². The van der Waals surface area contributed by atoms with E-state index in [0.29, 0.717) is 0 Å². The first-order chi connectivity index (χ1) is 6.31. The molecule has 2 radical (unpaired) electrons. The van der Waals surface area contributed by atoms with Crippen LogP contribution in [0.2, 0.25) is 0 Å². The van der Waals surface area contributed by atoms with Crippen molar-refractivity contribution in [3.8, 4) is 0 Å². The molecule has 1 rings (SSSR count). The van der Waals surface area contributed by atoms with E-state index in [4.69, 9.17) is 22.7 Å². The lowest BCUT2D eigenvalue weighted by molar-refractivity contribution is -0.00575. The van der Waals surface area contributed by atoms with E-state index in [2.05, 4.69) is 9.26 Å². The van der Waals surface area contributed by atoms with Crippen LogP contribution in [0.25, 0.3) is 0 Å². The summed E-state index contributed by atoms with van der Waals surface area (Å²) in [5.41, 5.74) is 0. The predicted octanol–water partition coefficient (Wildman–Crippen LogP) is -1.31. The van der Waals surface area contributed by atoms with E-state index >= 15 is 0 Å². The molecule has 6 nitrogen and oxygen atoms in total. The van der Waals surface area contributed by atoms with E-state index < -0.39 is 38.8 Å². The largest absolute Gasteiger partial charge is 0.469 e. The first-order valence-electron chi connectivity index (χ1n) is 3.74. The number of phosphoric acid groups is 1. The number of aliphatic hydroxyl groups excluding tert-OH is 1. The number of hydrogen-bond acceptors (Lipinski definition) is 4. The number of alkyl halides is 1. The highest BCUT2D eigenvalue weighted by atomic mass is 31.2. The normalized spacial score (nSPS) is 38.9. The zero-order valence-electron chi connectivity index (χ0n) is 6.99. The molecule has 0 aliphatic carbocycles. The van der Waals surface area contributed by atoms with Crippen molar-refractivity contribution in [2.24, 2.45) is 0 Å². The summed E-state index contributed by atoms with van der Waals surface area (Å²) in [6, 6.07) is -1.30. The van der Waals surface area contributed by atoms with Crippen molar-refractivity contribution in [3.05, 3.63) is 0 Å². The molecule has 14 heavy (non-hydrogen) atoms. The SMILES string of the molecule is [B][C@@H]1OC(COP(=O)(O)O)[C@@H](O)[C@H]1F. The van der Waals surface area contributed by atoms with Crippen molar-refractivity contribution in [2.45, 2.75) is 24.4 Å². The molecule has 0 aromatic heterocycles. The van der Waals surface area contributed by atoms with E-state index in [1.54, 1.807) is 0 Å². The predicted molar refractivity (Wildman–Crippen MR) is 43.3 cm³/mol. The van der Waals surface area contributed by atoms with Gasteiger partial charge in [0.25, 0.3) is 0 Å². The molecule has 0 saturated carbocycles. The quantitative estimate of drug-likeness (QED) is 0.408. The summed E-state index contributed by atoms with van der Waals surface area (Å²) in [7, 11) is 0.453. The number of phosphoric ester groups is 1. The van der Waals surface area contributed by atoms with Crippen molar-refractivity contribution in [1.82, 2.24) is 0 Å². The maximum absolute atomic E-state index is 12.8. The Morgan fingerprint density at radius 3 is 2.50 bits per heavy atom. The zero-order valence-corrected chi connectivity index (χ0v) is 7.88. The summed E-state index contributed by atoms with van der Waals surface area (Å²) in [5.74, 6) is 0. The van der Waals surface area contributed by atoms with Gasteiger partial charge in [-0.25, -0.2) is 8.96 Å². The van der Waals surface area contributed by atoms with Crippen LogP contribution in [0.5, 0.6) is 0 Å². The highest BCUT2D eigenvalue weighted by molar-refractivity contribution is 7.46. The Morgan fingerprint density at radius 2 is 2.14 bits per heavy atom. The number of hydrogen-bond donors (Lipinski definition) is 3. The van der Waals surface area contributed by atoms with Crippen LogP contribution in [0, 0.1) is 0 Å². The Bertz CT molecular complexity index is 246. The van der Waals surface area contributed by atoms with Gasteiger partial charge in [0.2, 0.25) is 0 Å². The van der Waals surface area contributed by atoms with Gasteiger partial charge < -0.3 is 19.6 Å². The van der Waals surface area contributed by atoms with Gasteiger partial charge in [0.05, 0.1) is 12.6 Å². The van der Waals surface area contributed by atoms with Crippen molar-refractivity contribution >= 4 is 15.7 Å². The second-order valence-electron chi connectivity index (χ2n) is 2.86.